The zero-order valence-electron chi connectivity index (χ0n) is 6.16. The minimum Gasteiger partial charge on any atom is -0.219 e. The largest absolute Gasteiger partial charge is 0.219 e. The van der Waals surface area contributed by atoms with Gasteiger partial charge in [0.25, 0.3) is 0 Å². The molecule has 11 heavy (non-hydrogen) atoms. The first-order valence-corrected chi connectivity index (χ1v) is 4.95. The van der Waals surface area contributed by atoms with Crippen molar-refractivity contribution in [1.82, 2.24) is 0 Å². The number of sulfone groups is 1. The highest BCUT2D eigenvalue weighted by Crippen LogP contribution is 2.16. The molecule has 0 unspecified atom stereocenters. The Hall–Kier alpha value is -0.830. The van der Waals surface area contributed by atoms with Gasteiger partial charge in [0.15, 0.2) is 9.84 Å². The first kappa shape index (κ1) is 8.27. The van der Waals surface area contributed by atoms with Gasteiger partial charge in [0.2, 0.25) is 0 Å². The van der Waals surface area contributed by atoms with E-state index in [0.29, 0.717) is 4.91 Å². The number of hydrogen-bond acceptors (Lipinski definition) is 2. The molecule has 0 spiro atoms. The molecule has 0 atom stereocenters. The first-order chi connectivity index (χ1) is 5.17. The Labute approximate surface area is 66.8 Å². The van der Waals surface area contributed by atoms with Crippen LogP contribution in [0.1, 0.15) is 12.8 Å². The summed E-state index contributed by atoms with van der Waals surface area (Å²) in [6.07, 6.45) is 6.93. The average Bonchev–Trinajstić information content (AvgIpc) is 2.06. The van der Waals surface area contributed by atoms with E-state index in [1.165, 1.54) is 0 Å². The van der Waals surface area contributed by atoms with Crippen LogP contribution in [0, 0.1) is 0 Å². The minimum atomic E-state index is -3.18. The summed E-state index contributed by atoms with van der Waals surface area (Å²) in [6, 6.07) is 0. The predicted octanol–water partition coefficient (Wildman–Crippen LogP) is 1.78. The van der Waals surface area contributed by atoms with Gasteiger partial charge in [0, 0.05) is 5.41 Å². The minimum absolute atomic E-state index is 0.374. The topological polar surface area (TPSA) is 34.1 Å². The lowest BCUT2D eigenvalue weighted by atomic mass is 10.2. The van der Waals surface area contributed by atoms with Crippen LogP contribution < -0.4 is 0 Å². The molecular formula is C8H10O2S. The molecule has 0 radical (unpaired) electrons. The Morgan fingerprint density at radius 2 is 2.18 bits per heavy atom. The standard InChI is InChI=1S/C8H10O2S/c1-2-11(9,10)8-6-4-3-5-7-8/h2,4,6-7H,1,3,5H2. The SMILES string of the molecule is C=CS(=O)(=O)C1=CCCC=C1. The Kier molecular flexibility index (Phi) is 2.29. The van der Waals surface area contributed by atoms with Crippen molar-refractivity contribution >= 4 is 9.84 Å². The number of allylic oxidation sites excluding steroid dienone is 3. The van der Waals surface area contributed by atoms with E-state index in [4.69, 9.17) is 0 Å². The van der Waals surface area contributed by atoms with Gasteiger partial charge in [-0.05, 0) is 18.9 Å². The van der Waals surface area contributed by atoms with Crippen LogP contribution in [0.25, 0.3) is 0 Å². The van der Waals surface area contributed by atoms with Crippen molar-refractivity contribution in [3.63, 3.8) is 0 Å². The van der Waals surface area contributed by atoms with E-state index in [0.717, 1.165) is 18.2 Å². The van der Waals surface area contributed by atoms with E-state index >= 15 is 0 Å². The molecule has 0 saturated heterocycles. The molecule has 0 aromatic heterocycles. The third-order valence-electron chi connectivity index (χ3n) is 1.51. The summed E-state index contributed by atoms with van der Waals surface area (Å²) in [5.74, 6) is 0. The van der Waals surface area contributed by atoms with Crippen LogP contribution in [-0.2, 0) is 9.84 Å². The third kappa shape index (κ3) is 1.80. The zero-order valence-corrected chi connectivity index (χ0v) is 6.97. The Morgan fingerprint density at radius 1 is 1.45 bits per heavy atom. The summed E-state index contributed by atoms with van der Waals surface area (Å²) >= 11 is 0. The van der Waals surface area contributed by atoms with Crippen molar-refractivity contribution in [2.24, 2.45) is 0 Å². The van der Waals surface area contributed by atoms with Gasteiger partial charge in [-0.15, -0.1) is 0 Å². The Bertz CT molecular complexity index is 307. The van der Waals surface area contributed by atoms with Crippen LogP contribution in [0.4, 0.5) is 0 Å². The maximum Gasteiger partial charge on any atom is 0.198 e. The van der Waals surface area contributed by atoms with E-state index in [-0.39, 0.29) is 0 Å². The fourth-order valence-corrected chi connectivity index (χ4v) is 1.73. The summed E-state index contributed by atoms with van der Waals surface area (Å²) < 4.78 is 22.2. The summed E-state index contributed by atoms with van der Waals surface area (Å²) in [4.78, 5) is 0.374. The second kappa shape index (κ2) is 3.05. The molecule has 0 amide bonds. The molecule has 1 aliphatic rings. The highest BCUT2D eigenvalue weighted by atomic mass is 32.2. The molecule has 1 aliphatic carbocycles. The summed E-state index contributed by atoms with van der Waals surface area (Å²) in [5, 5.41) is 0.981. The molecule has 0 aromatic rings. The van der Waals surface area contributed by atoms with Gasteiger partial charge in [-0.1, -0.05) is 18.7 Å². The highest BCUT2D eigenvalue weighted by molar-refractivity contribution is 7.98. The third-order valence-corrected chi connectivity index (χ3v) is 2.91. The van der Waals surface area contributed by atoms with Crippen molar-refractivity contribution < 1.29 is 8.42 Å². The van der Waals surface area contributed by atoms with Crippen LogP contribution in [0.5, 0.6) is 0 Å². The van der Waals surface area contributed by atoms with E-state index in [9.17, 15) is 8.42 Å². The van der Waals surface area contributed by atoms with Crippen molar-refractivity contribution in [2.75, 3.05) is 0 Å². The van der Waals surface area contributed by atoms with Crippen molar-refractivity contribution in [1.29, 1.82) is 0 Å². The molecule has 1 rings (SSSR count). The molecular weight excluding hydrogens is 160 g/mol. The molecule has 0 heterocycles. The Morgan fingerprint density at radius 3 is 2.64 bits per heavy atom. The van der Waals surface area contributed by atoms with Crippen LogP contribution in [0.2, 0.25) is 0 Å². The molecule has 0 aromatic carbocycles. The molecule has 2 nitrogen and oxygen atoms in total. The van der Waals surface area contributed by atoms with Crippen molar-refractivity contribution in [3.8, 4) is 0 Å². The van der Waals surface area contributed by atoms with E-state index in [2.05, 4.69) is 6.58 Å². The second-order valence-electron chi connectivity index (χ2n) is 2.30. The highest BCUT2D eigenvalue weighted by Gasteiger charge is 2.10. The second-order valence-corrected chi connectivity index (χ2v) is 4.19. The number of hydrogen-bond donors (Lipinski definition) is 0. The van der Waals surface area contributed by atoms with Crippen LogP contribution in [0.15, 0.2) is 35.1 Å². The molecule has 3 heteroatoms. The fraction of sp³-hybridized carbons (Fsp3) is 0.250. The predicted molar refractivity (Wildman–Crippen MR) is 45.6 cm³/mol. The van der Waals surface area contributed by atoms with Crippen LogP contribution in [-0.4, -0.2) is 8.42 Å². The quantitative estimate of drug-likeness (QED) is 0.633. The lowest BCUT2D eigenvalue weighted by Crippen LogP contribution is -1.98. The Balaban J connectivity index is 3.01. The number of rotatable bonds is 2. The summed E-state index contributed by atoms with van der Waals surface area (Å²) in [6.45, 7) is 3.24. The first-order valence-electron chi connectivity index (χ1n) is 3.41. The van der Waals surface area contributed by atoms with Gasteiger partial charge in [-0.2, -0.15) is 0 Å². The molecule has 0 bridgehead atoms. The average molecular weight is 170 g/mol. The van der Waals surface area contributed by atoms with E-state index in [1.807, 2.05) is 6.08 Å². The molecule has 60 valence electrons. The molecule has 0 fully saturated rings. The van der Waals surface area contributed by atoms with Gasteiger partial charge >= 0.3 is 0 Å². The van der Waals surface area contributed by atoms with Crippen molar-refractivity contribution in [2.45, 2.75) is 12.8 Å². The monoisotopic (exact) mass is 170 g/mol. The van der Waals surface area contributed by atoms with E-state index < -0.39 is 9.84 Å². The smallest absolute Gasteiger partial charge is 0.198 e. The summed E-state index contributed by atoms with van der Waals surface area (Å²) in [5.41, 5.74) is 0. The van der Waals surface area contributed by atoms with Gasteiger partial charge in [0.05, 0.1) is 4.91 Å². The lowest BCUT2D eigenvalue weighted by Gasteiger charge is -2.03. The zero-order chi connectivity index (χ0) is 8.32. The van der Waals surface area contributed by atoms with Crippen LogP contribution >= 0.6 is 0 Å². The summed E-state index contributed by atoms with van der Waals surface area (Å²) in [7, 11) is -3.18. The molecule has 0 aliphatic heterocycles. The van der Waals surface area contributed by atoms with Gasteiger partial charge in [-0.3, -0.25) is 0 Å². The van der Waals surface area contributed by atoms with Gasteiger partial charge < -0.3 is 0 Å². The maximum atomic E-state index is 11.1. The maximum absolute atomic E-state index is 11.1. The normalized spacial score (nSPS) is 17.6. The molecule has 0 saturated carbocycles. The van der Waals surface area contributed by atoms with Crippen molar-refractivity contribution in [3.05, 3.63) is 35.1 Å². The van der Waals surface area contributed by atoms with Gasteiger partial charge in [-0.25, -0.2) is 8.42 Å². The van der Waals surface area contributed by atoms with Crippen LogP contribution in [0.3, 0.4) is 0 Å². The lowest BCUT2D eigenvalue weighted by molar-refractivity contribution is 0.610. The van der Waals surface area contributed by atoms with E-state index in [1.54, 1.807) is 12.2 Å². The molecule has 0 N–H and O–H groups in total. The van der Waals surface area contributed by atoms with Gasteiger partial charge in [0.1, 0.15) is 0 Å². The fourth-order valence-electron chi connectivity index (χ4n) is 0.897.